The van der Waals surface area contributed by atoms with Crippen molar-refractivity contribution < 1.29 is 4.79 Å². The lowest BCUT2D eigenvalue weighted by Crippen LogP contribution is -2.42. The quantitative estimate of drug-likeness (QED) is 0.678. The summed E-state index contributed by atoms with van der Waals surface area (Å²) in [5.74, 6) is 1.76. The number of piperidine rings is 1. The average molecular weight is 414 g/mol. The molecule has 3 aromatic rings. The Kier molecular flexibility index (Phi) is 5.82. The Balaban J connectivity index is 1.45. The summed E-state index contributed by atoms with van der Waals surface area (Å²) in [7, 11) is 0. The lowest BCUT2D eigenvalue weighted by molar-refractivity contribution is -0.131. The molecule has 0 unspecified atom stereocenters. The van der Waals surface area contributed by atoms with Gasteiger partial charge in [-0.25, -0.2) is 4.98 Å². The predicted octanol–water partition coefficient (Wildman–Crippen LogP) is 4.29. The number of carbonyl (C=O) groups is 1. The van der Waals surface area contributed by atoms with E-state index in [2.05, 4.69) is 16.9 Å². The number of hydrogen-bond acceptors (Lipinski definition) is 5. The van der Waals surface area contributed by atoms with Crippen LogP contribution in [0.4, 0.5) is 0 Å². The highest BCUT2D eigenvalue weighted by atomic mass is 32.2. The number of thioether (sulfide) groups is 1. The van der Waals surface area contributed by atoms with Gasteiger partial charge in [0.25, 0.3) is 5.56 Å². The molecule has 1 N–H and O–H groups in total. The molecule has 1 amide bonds. The van der Waals surface area contributed by atoms with Crippen molar-refractivity contribution in [2.75, 3.05) is 12.3 Å². The highest BCUT2D eigenvalue weighted by molar-refractivity contribution is 7.99. The molecule has 3 heterocycles. The number of rotatable bonds is 5. The van der Waals surface area contributed by atoms with Gasteiger partial charge in [-0.15, -0.1) is 23.1 Å². The molecule has 1 aliphatic rings. The zero-order chi connectivity index (χ0) is 19.5. The zero-order valence-corrected chi connectivity index (χ0v) is 17.4. The third-order valence-corrected chi connectivity index (χ3v) is 6.97. The number of amides is 1. The molecule has 0 bridgehead atoms. The molecule has 1 saturated heterocycles. The first-order chi connectivity index (χ1) is 13.6. The molecule has 1 atom stereocenters. The van der Waals surface area contributed by atoms with Crippen molar-refractivity contribution in [3.63, 3.8) is 0 Å². The molecule has 7 heteroatoms. The van der Waals surface area contributed by atoms with E-state index in [1.807, 2.05) is 40.6 Å². The summed E-state index contributed by atoms with van der Waals surface area (Å²) in [6.45, 7) is 2.98. The monoisotopic (exact) mass is 413 g/mol. The van der Waals surface area contributed by atoms with E-state index in [4.69, 9.17) is 0 Å². The van der Waals surface area contributed by atoms with Crippen LogP contribution in [-0.2, 0) is 10.5 Å². The number of nitrogens with one attached hydrogen (secondary N) is 1. The van der Waals surface area contributed by atoms with Crippen molar-refractivity contribution in [2.24, 2.45) is 0 Å². The Labute approximate surface area is 172 Å². The molecule has 146 valence electrons. The Morgan fingerprint density at radius 2 is 2.14 bits per heavy atom. The van der Waals surface area contributed by atoms with Crippen LogP contribution < -0.4 is 5.56 Å². The molecule has 28 heavy (non-hydrogen) atoms. The van der Waals surface area contributed by atoms with E-state index in [0.29, 0.717) is 28.8 Å². The van der Waals surface area contributed by atoms with Crippen LogP contribution in [0.25, 0.3) is 21.3 Å². The average Bonchev–Trinajstić information content (AvgIpc) is 3.13. The van der Waals surface area contributed by atoms with Crippen LogP contribution in [0.2, 0.25) is 0 Å². The second-order valence-corrected chi connectivity index (χ2v) is 8.98. The smallest absolute Gasteiger partial charge is 0.260 e. The van der Waals surface area contributed by atoms with Gasteiger partial charge in [0, 0.05) is 23.5 Å². The second-order valence-electron chi connectivity index (χ2n) is 7.13. The largest absolute Gasteiger partial charge is 0.339 e. The van der Waals surface area contributed by atoms with Gasteiger partial charge in [0.15, 0.2) is 0 Å². The SMILES string of the molecule is C[C@H]1CCCCN1C(=O)CSCc1nc2scc(-c3ccccc3)c2c(=O)[nH]1. The normalized spacial score (nSPS) is 17.2. The van der Waals surface area contributed by atoms with Crippen LogP contribution >= 0.6 is 23.1 Å². The van der Waals surface area contributed by atoms with Gasteiger partial charge in [0.05, 0.1) is 16.9 Å². The molecule has 0 aliphatic carbocycles. The number of nitrogens with zero attached hydrogens (tertiary/aromatic N) is 2. The van der Waals surface area contributed by atoms with Gasteiger partial charge in [-0.2, -0.15) is 0 Å². The van der Waals surface area contributed by atoms with Crippen LogP contribution in [-0.4, -0.2) is 39.1 Å². The number of thiophene rings is 1. The summed E-state index contributed by atoms with van der Waals surface area (Å²) in [4.78, 5) is 35.4. The van der Waals surface area contributed by atoms with E-state index in [9.17, 15) is 9.59 Å². The fourth-order valence-corrected chi connectivity index (χ4v) is 5.42. The van der Waals surface area contributed by atoms with Crippen LogP contribution in [0.5, 0.6) is 0 Å². The molecule has 0 saturated carbocycles. The van der Waals surface area contributed by atoms with Gasteiger partial charge in [-0.05, 0) is 31.7 Å². The lowest BCUT2D eigenvalue weighted by Gasteiger charge is -2.33. The maximum atomic E-state index is 12.7. The molecule has 0 radical (unpaired) electrons. The Bertz CT molecular complexity index is 1030. The fraction of sp³-hybridized carbons (Fsp3) is 0.381. The van der Waals surface area contributed by atoms with Crippen molar-refractivity contribution in [1.82, 2.24) is 14.9 Å². The Morgan fingerprint density at radius 1 is 1.32 bits per heavy atom. The predicted molar refractivity (Wildman–Crippen MR) is 117 cm³/mol. The lowest BCUT2D eigenvalue weighted by atomic mass is 10.0. The zero-order valence-electron chi connectivity index (χ0n) is 15.8. The van der Waals surface area contributed by atoms with Gasteiger partial charge < -0.3 is 9.88 Å². The summed E-state index contributed by atoms with van der Waals surface area (Å²) >= 11 is 3.00. The number of likely N-dealkylation sites (tertiary alicyclic amines) is 1. The molecule has 1 aliphatic heterocycles. The third-order valence-electron chi connectivity index (χ3n) is 5.17. The molecular formula is C21H23N3O2S2. The summed E-state index contributed by atoms with van der Waals surface area (Å²) < 4.78 is 0. The van der Waals surface area contributed by atoms with E-state index in [-0.39, 0.29) is 11.5 Å². The maximum Gasteiger partial charge on any atom is 0.260 e. The minimum Gasteiger partial charge on any atom is -0.339 e. The number of carbonyl (C=O) groups excluding carboxylic acids is 1. The minimum absolute atomic E-state index is 0.114. The van der Waals surface area contributed by atoms with Crippen molar-refractivity contribution in [1.29, 1.82) is 0 Å². The van der Waals surface area contributed by atoms with Crippen molar-refractivity contribution in [2.45, 2.75) is 38.0 Å². The first kappa shape index (κ1) is 19.2. The van der Waals surface area contributed by atoms with Crippen LogP contribution in [0.1, 0.15) is 32.0 Å². The topological polar surface area (TPSA) is 66.1 Å². The number of aromatic amines is 1. The number of H-pyrrole nitrogens is 1. The van der Waals surface area contributed by atoms with Crippen molar-refractivity contribution in [3.8, 4) is 11.1 Å². The summed E-state index contributed by atoms with van der Waals surface area (Å²) in [6, 6.07) is 10.2. The van der Waals surface area contributed by atoms with E-state index >= 15 is 0 Å². The molecule has 1 fully saturated rings. The van der Waals surface area contributed by atoms with Crippen LogP contribution in [0, 0.1) is 0 Å². The Hall–Kier alpha value is -2.12. The van der Waals surface area contributed by atoms with Gasteiger partial charge >= 0.3 is 0 Å². The highest BCUT2D eigenvalue weighted by Crippen LogP contribution is 2.30. The van der Waals surface area contributed by atoms with Gasteiger partial charge in [-0.3, -0.25) is 9.59 Å². The summed E-state index contributed by atoms with van der Waals surface area (Å²) in [5, 5.41) is 2.63. The van der Waals surface area contributed by atoms with Crippen LogP contribution in [0.15, 0.2) is 40.5 Å². The van der Waals surface area contributed by atoms with E-state index in [1.54, 1.807) is 0 Å². The molecule has 0 spiro atoms. The van der Waals surface area contributed by atoms with Gasteiger partial charge in [0.2, 0.25) is 5.91 Å². The summed E-state index contributed by atoms with van der Waals surface area (Å²) in [6.07, 6.45) is 3.38. The molecule has 5 nitrogen and oxygen atoms in total. The van der Waals surface area contributed by atoms with Crippen LogP contribution in [0.3, 0.4) is 0 Å². The van der Waals surface area contributed by atoms with E-state index in [0.717, 1.165) is 35.3 Å². The fourth-order valence-electron chi connectivity index (χ4n) is 3.68. The highest BCUT2D eigenvalue weighted by Gasteiger charge is 2.22. The minimum atomic E-state index is -0.114. The first-order valence-electron chi connectivity index (χ1n) is 9.56. The van der Waals surface area contributed by atoms with Crippen molar-refractivity contribution >= 4 is 39.2 Å². The first-order valence-corrected chi connectivity index (χ1v) is 11.6. The van der Waals surface area contributed by atoms with E-state index in [1.165, 1.54) is 29.5 Å². The summed E-state index contributed by atoms with van der Waals surface area (Å²) in [5.41, 5.74) is 1.82. The second kappa shape index (κ2) is 8.49. The van der Waals surface area contributed by atoms with E-state index < -0.39 is 0 Å². The van der Waals surface area contributed by atoms with Gasteiger partial charge in [0.1, 0.15) is 10.7 Å². The number of benzene rings is 1. The standard InChI is InChI=1S/C21H23N3O2S2/c1-14-7-5-6-10-24(14)18(25)13-27-12-17-22-20(26)19-16(11-28-21(19)23-17)15-8-3-2-4-9-15/h2-4,8-9,11,14H,5-7,10,12-13H2,1H3,(H,22,23,26)/t14-/m0/s1. The third kappa shape index (κ3) is 4.00. The Morgan fingerprint density at radius 3 is 2.93 bits per heavy atom. The molecular weight excluding hydrogens is 390 g/mol. The van der Waals surface area contributed by atoms with Gasteiger partial charge in [-0.1, -0.05) is 30.3 Å². The number of hydrogen-bond donors (Lipinski definition) is 1. The number of fused-ring (bicyclic) bond motifs is 1. The molecule has 2 aromatic heterocycles. The number of aromatic nitrogens is 2. The molecule has 1 aromatic carbocycles. The maximum absolute atomic E-state index is 12.7. The molecule has 4 rings (SSSR count). The van der Waals surface area contributed by atoms with Crippen molar-refractivity contribution in [3.05, 3.63) is 51.9 Å².